The van der Waals surface area contributed by atoms with E-state index in [0.717, 1.165) is 17.7 Å². The fourth-order valence-corrected chi connectivity index (χ4v) is 3.28. The van der Waals surface area contributed by atoms with E-state index in [1.807, 2.05) is 63.2 Å². The summed E-state index contributed by atoms with van der Waals surface area (Å²) in [5.41, 5.74) is 2.06. The second kappa shape index (κ2) is 12.4. The number of carbonyl (C=O) groups excluding carboxylic acids is 2. The van der Waals surface area contributed by atoms with Crippen LogP contribution in [0.25, 0.3) is 0 Å². The van der Waals surface area contributed by atoms with E-state index >= 15 is 0 Å². The zero-order valence-corrected chi connectivity index (χ0v) is 19.6. The molecular weight excluding hydrogens is 412 g/mol. The van der Waals surface area contributed by atoms with Crippen LogP contribution < -0.4 is 10.1 Å². The predicted octanol–water partition coefficient (Wildman–Crippen LogP) is 5.14. The maximum absolute atomic E-state index is 13.0. The number of nitrogens with zero attached hydrogens (tertiary/aromatic N) is 1. The minimum absolute atomic E-state index is 0.0565. The topological polar surface area (TPSA) is 58.6 Å². The van der Waals surface area contributed by atoms with Crippen LogP contribution in [0, 0.1) is 6.92 Å². The molecular formula is C25H33ClN2O3. The summed E-state index contributed by atoms with van der Waals surface area (Å²) in [4.78, 5) is 27.4. The van der Waals surface area contributed by atoms with Crippen LogP contribution >= 0.6 is 11.6 Å². The van der Waals surface area contributed by atoms with Gasteiger partial charge in [0.2, 0.25) is 11.8 Å². The molecule has 0 unspecified atom stereocenters. The molecule has 31 heavy (non-hydrogen) atoms. The molecule has 168 valence electrons. The van der Waals surface area contributed by atoms with Crippen LogP contribution in [-0.2, 0) is 16.1 Å². The van der Waals surface area contributed by atoms with Crippen molar-refractivity contribution in [1.29, 1.82) is 0 Å². The van der Waals surface area contributed by atoms with Gasteiger partial charge in [-0.3, -0.25) is 9.59 Å². The first-order valence-electron chi connectivity index (χ1n) is 10.8. The van der Waals surface area contributed by atoms with Gasteiger partial charge in [-0.15, -0.1) is 0 Å². The molecule has 0 saturated carbocycles. The number of carbonyl (C=O) groups is 2. The minimum Gasteiger partial charge on any atom is -0.494 e. The highest BCUT2D eigenvalue weighted by Crippen LogP contribution is 2.17. The highest BCUT2D eigenvalue weighted by atomic mass is 35.5. The first-order valence-corrected chi connectivity index (χ1v) is 11.2. The average molecular weight is 445 g/mol. The van der Waals surface area contributed by atoms with Gasteiger partial charge in [-0.1, -0.05) is 48.4 Å². The van der Waals surface area contributed by atoms with Gasteiger partial charge in [-0.25, -0.2) is 0 Å². The number of benzene rings is 2. The van der Waals surface area contributed by atoms with Gasteiger partial charge in [0.1, 0.15) is 11.8 Å². The Kier molecular flexibility index (Phi) is 9.86. The zero-order chi connectivity index (χ0) is 22.8. The minimum atomic E-state index is -0.585. The number of aryl methyl sites for hydroxylation is 1. The number of halogens is 1. The van der Waals surface area contributed by atoms with Crippen molar-refractivity contribution in [3.8, 4) is 5.75 Å². The van der Waals surface area contributed by atoms with Gasteiger partial charge in [-0.2, -0.15) is 0 Å². The van der Waals surface area contributed by atoms with Crippen molar-refractivity contribution < 1.29 is 14.3 Å². The first-order chi connectivity index (χ1) is 14.8. The maximum Gasteiger partial charge on any atom is 0.242 e. The molecule has 2 amide bonds. The number of hydrogen-bond acceptors (Lipinski definition) is 3. The van der Waals surface area contributed by atoms with Crippen LogP contribution in [0.4, 0.5) is 0 Å². The molecule has 0 bridgehead atoms. The fraction of sp³-hybridized carbons (Fsp3) is 0.440. The molecule has 1 N–H and O–H groups in total. The lowest BCUT2D eigenvalue weighted by molar-refractivity contribution is -0.141. The van der Waals surface area contributed by atoms with Crippen LogP contribution in [0.3, 0.4) is 0 Å². The Balaban J connectivity index is 2.00. The Hall–Kier alpha value is -2.53. The summed E-state index contributed by atoms with van der Waals surface area (Å²) < 4.78 is 5.73. The second-order valence-electron chi connectivity index (χ2n) is 7.91. The highest BCUT2D eigenvalue weighted by Gasteiger charge is 2.26. The third-order valence-electron chi connectivity index (χ3n) is 5.23. The molecule has 0 aromatic heterocycles. The molecule has 0 aliphatic carbocycles. The SMILES string of the molecule is CC[C@H](C)NC(=O)[C@H](C)N(Cc1cccc(Cl)c1)C(=O)CCCOc1ccc(C)cc1. The summed E-state index contributed by atoms with van der Waals surface area (Å²) in [7, 11) is 0. The third kappa shape index (κ3) is 8.25. The van der Waals surface area contributed by atoms with Gasteiger partial charge in [-0.05, 0) is 63.4 Å². The number of hydrogen-bond donors (Lipinski definition) is 1. The van der Waals surface area contributed by atoms with Crippen LogP contribution in [0.5, 0.6) is 5.75 Å². The summed E-state index contributed by atoms with van der Waals surface area (Å²) in [6.45, 7) is 8.52. The number of nitrogens with one attached hydrogen (secondary N) is 1. The molecule has 0 heterocycles. The van der Waals surface area contributed by atoms with E-state index < -0.39 is 6.04 Å². The summed E-state index contributed by atoms with van der Waals surface area (Å²) in [6.07, 6.45) is 1.70. The van der Waals surface area contributed by atoms with Gasteiger partial charge < -0.3 is 15.0 Å². The average Bonchev–Trinajstić information content (AvgIpc) is 2.75. The standard InChI is InChI=1S/C25H33ClN2O3/c1-5-19(3)27-25(30)20(4)28(17-21-8-6-9-22(26)16-21)24(29)10-7-15-31-23-13-11-18(2)12-14-23/h6,8-9,11-14,16,19-20H,5,7,10,15,17H2,1-4H3,(H,27,30)/t19-,20-/m0/s1. The predicted molar refractivity (Wildman–Crippen MR) is 125 cm³/mol. The first kappa shape index (κ1) is 24.7. The largest absolute Gasteiger partial charge is 0.494 e. The maximum atomic E-state index is 13.0. The van der Waals surface area contributed by atoms with E-state index in [2.05, 4.69) is 5.32 Å². The molecule has 0 radical (unpaired) electrons. The number of amides is 2. The van der Waals surface area contributed by atoms with Crippen molar-refractivity contribution in [1.82, 2.24) is 10.2 Å². The highest BCUT2D eigenvalue weighted by molar-refractivity contribution is 6.30. The molecule has 5 nitrogen and oxygen atoms in total. The lowest BCUT2D eigenvalue weighted by atomic mass is 10.1. The summed E-state index contributed by atoms with van der Waals surface area (Å²) >= 11 is 6.11. The van der Waals surface area contributed by atoms with Crippen LogP contribution in [0.15, 0.2) is 48.5 Å². The van der Waals surface area contributed by atoms with Crippen molar-refractivity contribution >= 4 is 23.4 Å². The van der Waals surface area contributed by atoms with Crippen LogP contribution in [0.2, 0.25) is 5.02 Å². The summed E-state index contributed by atoms with van der Waals surface area (Å²) in [5, 5.41) is 3.58. The number of ether oxygens (including phenoxy) is 1. The van der Waals surface area contributed by atoms with E-state index in [9.17, 15) is 9.59 Å². The van der Waals surface area contributed by atoms with Gasteiger partial charge in [0.15, 0.2) is 0 Å². The van der Waals surface area contributed by atoms with E-state index in [-0.39, 0.29) is 17.9 Å². The van der Waals surface area contributed by atoms with E-state index in [1.165, 1.54) is 5.56 Å². The Bertz CT molecular complexity index is 854. The van der Waals surface area contributed by atoms with Gasteiger partial charge in [0.05, 0.1) is 6.61 Å². The summed E-state index contributed by atoms with van der Waals surface area (Å²) in [6, 6.07) is 14.7. The molecule has 0 spiro atoms. The quantitative estimate of drug-likeness (QED) is 0.488. The van der Waals surface area contributed by atoms with Crippen molar-refractivity contribution in [2.24, 2.45) is 0 Å². The van der Waals surface area contributed by atoms with E-state index in [0.29, 0.717) is 31.0 Å². The Labute approximate surface area is 190 Å². The molecule has 2 atom stereocenters. The fourth-order valence-electron chi connectivity index (χ4n) is 3.07. The van der Waals surface area contributed by atoms with E-state index in [1.54, 1.807) is 17.9 Å². The Morgan fingerprint density at radius 2 is 1.84 bits per heavy atom. The molecule has 6 heteroatoms. The van der Waals surface area contributed by atoms with Gasteiger partial charge >= 0.3 is 0 Å². The third-order valence-corrected chi connectivity index (χ3v) is 5.47. The molecule has 2 aromatic rings. The molecule has 2 aromatic carbocycles. The Morgan fingerprint density at radius 3 is 2.48 bits per heavy atom. The van der Waals surface area contributed by atoms with Crippen molar-refractivity contribution in [3.63, 3.8) is 0 Å². The smallest absolute Gasteiger partial charge is 0.242 e. The second-order valence-corrected chi connectivity index (χ2v) is 8.35. The zero-order valence-electron chi connectivity index (χ0n) is 18.9. The van der Waals surface area contributed by atoms with Gasteiger partial charge in [0.25, 0.3) is 0 Å². The van der Waals surface area contributed by atoms with Crippen LogP contribution in [0.1, 0.15) is 51.2 Å². The monoisotopic (exact) mass is 444 g/mol. The normalized spacial score (nSPS) is 12.7. The molecule has 0 aliphatic rings. The molecule has 2 rings (SSSR count). The summed E-state index contributed by atoms with van der Waals surface area (Å²) in [5.74, 6) is 0.551. The van der Waals surface area contributed by atoms with Gasteiger partial charge in [0, 0.05) is 24.0 Å². The van der Waals surface area contributed by atoms with Crippen LogP contribution in [-0.4, -0.2) is 35.4 Å². The van der Waals surface area contributed by atoms with Crippen molar-refractivity contribution in [2.45, 2.75) is 65.6 Å². The lowest BCUT2D eigenvalue weighted by Gasteiger charge is -2.30. The van der Waals surface area contributed by atoms with E-state index in [4.69, 9.17) is 16.3 Å². The molecule has 0 saturated heterocycles. The molecule has 0 fully saturated rings. The molecule has 0 aliphatic heterocycles. The lowest BCUT2D eigenvalue weighted by Crippen LogP contribution is -2.49. The Morgan fingerprint density at radius 1 is 1.13 bits per heavy atom. The number of rotatable bonds is 11. The van der Waals surface area contributed by atoms with Crippen molar-refractivity contribution in [2.75, 3.05) is 6.61 Å². The van der Waals surface area contributed by atoms with Crippen molar-refractivity contribution in [3.05, 3.63) is 64.7 Å².